The molecule has 2 aliphatic rings. The number of ketones is 1. The third-order valence-electron chi connectivity index (χ3n) is 7.66. The molecule has 0 radical (unpaired) electrons. The van der Waals surface area contributed by atoms with E-state index < -0.39 is 9.84 Å². The van der Waals surface area contributed by atoms with Gasteiger partial charge in [-0.25, -0.2) is 8.42 Å². The summed E-state index contributed by atoms with van der Waals surface area (Å²) in [6.07, 6.45) is 8.08. The van der Waals surface area contributed by atoms with Gasteiger partial charge in [0.15, 0.2) is 9.84 Å². The number of rotatable bonds is 8. The molecule has 1 unspecified atom stereocenters. The zero-order valence-corrected chi connectivity index (χ0v) is 21.0. The molecule has 0 bridgehead atoms. The summed E-state index contributed by atoms with van der Waals surface area (Å²) < 4.78 is 25.6. The Hall–Kier alpha value is -2.17. The molecule has 178 valence electrons. The number of carbonyl (C=O) groups excluding carboxylic acids is 1. The van der Waals surface area contributed by atoms with Crippen LogP contribution in [0.25, 0.3) is 10.8 Å². The molecule has 2 atom stereocenters. The van der Waals surface area contributed by atoms with Crippen molar-refractivity contribution in [2.45, 2.75) is 62.2 Å². The highest BCUT2D eigenvalue weighted by atomic mass is 35.5. The third kappa shape index (κ3) is 5.23. The molecule has 0 spiro atoms. The van der Waals surface area contributed by atoms with Crippen molar-refractivity contribution in [3.05, 3.63) is 76.8 Å². The van der Waals surface area contributed by atoms with E-state index in [4.69, 9.17) is 11.6 Å². The summed E-state index contributed by atoms with van der Waals surface area (Å²) >= 11 is 6.32. The van der Waals surface area contributed by atoms with Crippen molar-refractivity contribution in [1.29, 1.82) is 0 Å². The number of halogens is 1. The molecule has 0 saturated heterocycles. The fourth-order valence-corrected chi connectivity index (χ4v) is 7.15. The predicted molar refractivity (Wildman–Crippen MR) is 138 cm³/mol. The highest BCUT2D eigenvalue weighted by Crippen LogP contribution is 2.48. The van der Waals surface area contributed by atoms with Gasteiger partial charge in [-0.2, -0.15) is 0 Å². The Kier molecular flexibility index (Phi) is 6.81. The summed E-state index contributed by atoms with van der Waals surface area (Å²) in [5, 5.41) is 2.74. The molecular formula is C29H31ClO3S. The van der Waals surface area contributed by atoms with Crippen LogP contribution in [0, 0.1) is 11.8 Å². The van der Waals surface area contributed by atoms with Gasteiger partial charge in [0, 0.05) is 22.7 Å². The van der Waals surface area contributed by atoms with Crippen LogP contribution < -0.4 is 0 Å². The van der Waals surface area contributed by atoms with E-state index in [9.17, 15) is 13.2 Å². The summed E-state index contributed by atoms with van der Waals surface area (Å²) in [5.41, 5.74) is 2.04. The summed E-state index contributed by atoms with van der Waals surface area (Å²) in [5.74, 6) is 1.23. The molecule has 2 aliphatic carbocycles. The Morgan fingerprint density at radius 1 is 0.941 bits per heavy atom. The van der Waals surface area contributed by atoms with Gasteiger partial charge in [0.1, 0.15) is 5.78 Å². The van der Waals surface area contributed by atoms with Crippen molar-refractivity contribution in [3.63, 3.8) is 0 Å². The minimum absolute atomic E-state index is 0.00991. The molecular weight excluding hydrogens is 464 g/mol. The predicted octanol–water partition coefficient (Wildman–Crippen LogP) is 7.15. The minimum atomic E-state index is -3.25. The van der Waals surface area contributed by atoms with Crippen molar-refractivity contribution in [2.75, 3.05) is 5.75 Å². The summed E-state index contributed by atoms with van der Waals surface area (Å²) in [7, 11) is -3.25. The number of hydrogen-bond donors (Lipinski definition) is 0. The van der Waals surface area contributed by atoms with Crippen LogP contribution in [-0.2, 0) is 21.1 Å². The SMILES string of the molecule is O=C(Cc1ccc2cccc(Cl)c2c1)[C@@H]1CC1c1ccc(S(=O)(=O)CCC2CCCCC2)cc1. The van der Waals surface area contributed by atoms with E-state index in [0.29, 0.717) is 22.3 Å². The molecule has 34 heavy (non-hydrogen) atoms. The van der Waals surface area contributed by atoms with Gasteiger partial charge in [-0.05, 0) is 65.5 Å². The summed E-state index contributed by atoms with van der Waals surface area (Å²) in [6, 6.07) is 19.1. The first-order valence-electron chi connectivity index (χ1n) is 12.4. The molecule has 0 aromatic heterocycles. The lowest BCUT2D eigenvalue weighted by molar-refractivity contribution is -0.119. The maximum absolute atomic E-state index is 12.9. The van der Waals surface area contributed by atoms with E-state index in [1.807, 2.05) is 48.5 Å². The monoisotopic (exact) mass is 494 g/mol. The van der Waals surface area contributed by atoms with Crippen LogP contribution in [-0.4, -0.2) is 20.0 Å². The zero-order valence-electron chi connectivity index (χ0n) is 19.4. The second-order valence-electron chi connectivity index (χ2n) is 10.1. The van der Waals surface area contributed by atoms with Crippen molar-refractivity contribution < 1.29 is 13.2 Å². The van der Waals surface area contributed by atoms with Crippen LogP contribution in [0.2, 0.25) is 5.02 Å². The number of sulfone groups is 1. The summed E-state index contributed by atoms with van der Waals surface area (Å²) in [6.45, 7) is 0. The molecule has 2 saturated carbocycles. The molecule has 0 N–H and O–H groups in total. The maximum atomic E-state index is 12.9. The maximum Gasteiger partial charge on any atom is 0.178 e. The molecule has 5 heteroatoms. The van der Waals surface area contributed by atoms with Crippen molar-refractivity contribution >= 4 is 38.0 Å². The van der Waals surface area contributed by atoms with Gasteiger partial charge >= 0.3 is 0 Å². The van der Waals surface area contributed by atoms with Crippen LogP contribution in [0.3, 0.4) is 0 Å². The number of hydrogen-bond acceptors (Lipinski definition) is 3. The molecule has 2 fully saturated rings. The van der Waals surface area contributed by atoms with Gasteiger partial charge in [0.05, 0.1) is 10.6 Å². The normalized spacial score (nSPS) is 21.0. The Bertz CT molecular complexity index is 1290. The van der Waals surface area contributed by atoms with Crippen molar-refractivity contribution in [2.24, 2.45) is 11.8 Å². The third-order valence-corrected chi connectivity index (χ3v) is 9.76. The van der Waals surface area contributed by atoms with Gasteiger partial charge in [-0.15, -0.1) is 0 Å². The van der Waals surface area contributed by atoms with Crippen molar-refractivity contribution in [3.8, 4) is 0 Å². The van der Waals surface area contributed by atoms with Crippen LogP contribution >= 0.6 is 11.6 Å². The quantitative estimate of drug-likeness (QED) is 0.334. The first-order chi connectivity index (χ1) is 16.4. The van der Waals surface area contributed by atoms with E-state index in [2.05, 4.69) is 0 Å². The number of benzene rings is 3. The molecule has 3 nitrogen and oxygen atoms in total. The molecule has 3 aromatic carbocycles. The lowest BCUT2D eigenvalue weighted by Gasteiger charge is -2.21. The van der Waals surface area contributed by atoms with Gasteiger partial charge in [-0.3, -0.25) is 4.79 Å². The van der Waals surface area contributed by atoms with E-state index >= 15 is 0 Å². The highest BCUT2D eigenvalue weighted by Gasteiger charge is 2.43. The smallest absolute Gasteiger partial charge is 0.178 e. The lowest BCUT2D eigenvalue weighted by Crippen LogP contribution is -2.14. The topological polar surface area (TPSA) is 51.2 Å². The minimum Gasteiger partial charge on any atom is -0.299 e. The number of carbonyl (C=O) groups is 1. The van der Waals surface area contributed by atoms with E-state index in [1.165, 1.54) is 19.3 Å². The molecule has 0 amide bonds. The Labute approximate surface area is 207 Å². The second kappa shape index (κ2) is 9.83. The van der Waals surface area contributed by atoms with Gasteiger partial charge in [0.25, 0.3) is 0 Å². The van der Waals surface area contributed by atoms with Crippen LogP contribution in [0.4, 0.5) is 0 Å². The largest absolute Gasteiger partial charge is 0.299 e. The van der Waals surface area contributed by atoms with Gasteiger partial charge < -0.3 is 0 Å². The van der Waals surface area contributed by atoms with E-state index in [-0.39, 0.29) is 23.4 Å². The van der Waals surface area contributed by atoms with Gasteiger partial charge in [-0.1, -0.05) is 80.1 Å². The Morgan fingerprint density at radius 2 is 1.71 bits per heavy atom. The number of Topliss-reactive ketones (excluding diaryl/α,β-unsaturated/α-hetero) is 1. The van der Waals surface area contributed by atoms with Crippen LogP contribution in [0.1, 0.15) is 62.0 Å². The van der Waals surface area contributed by atoms with Crippen molar-refractivity contribution in [1.82, 2.24) is 0 Å². The number of fused-ring (bicyclic) bond motifs is 1. The fraction of sp³-hybridized carbons (Fsp3) is 0.414. The van der Waals surface area contributed by atoms with Gasteiger partial charge in [0.2, 0.25) is 0 Å². The molecule has 3 aromatic rings. The lowest BCUT2D eigenvalue weighted by atomic mass is 9.88. The second-order valence-corrected chi connectivity index (χ2v) is 12.6. The Balaban J connectivity index is 1.19. The first-order valence-corrected chi connectivity index (χ1v) is 14.5. The standard InChI is InChI=1S/C29H31ClO3S/c30-28-8-4-7-22-10-9-21(17-26(22)28)18-29(31)27-19-25(27)23-11-13-24(14-12-23)34(32,33)16-15-20-5-2-1-3-6-20/h4,7-14,17,20,25,27H,1-3,5-6,15-16,18-19H2/t25?,27-/m1/s1. The molecule has 0 aliphatic heterocycles. The average Bonchev–Trinajstić information content (AvgIpc) is 3.65. The van der Waals surface area contributed by atoms with Crippen LogP contribution in [0.5, 0.6) is 0 Å². The van der Waals surface area contributed by atoms with E-state index in [0.717, 1.165) is 47.6 Å². The zero-order chi connectivity index (χ0) is 23.7. The highest BCUT2D eigenvalue weighted by molar-refractivity contribution is 7.91. The van der Waals surface area contributed by atoms with E-state index in [1.54, 1.807) is 12.1 Å². The molecule has 0 heterocycles. The fourth-order valence-electron chi connectivity index (χ4n) is 5.48. The first kappa shape index (κ1) is 23.6. The Morgan fingerprint density at radius 3 is 2.47 bits per heavy atom. The summed E-state index contributed by atoms with van der Waals surface area (Å²) in [4.78, 5) is 13.3. The van der Waals surface area contributed by atoms with Crippen LogP contribution in [0.15, 0.2) is 65.6 Å². The average molecular weight is 495 g/mol. The molecule has 5 rings (SSSR count).